The van der Waals surface area contributed by atoms with Crippen LogP contribution in [-0.4, -0.2) is 65.0 Å². The molecule has 0 saturated carbocycles. The van der Waals surface area contributed by atoms with Crippen LogP contribution in [0.1, 0.15) is 54.0 Å². The van der Waals surface area contributed by atoms with E-state index in [1.165, 1.54) is 18.0 Å². The van der Waals surface area contributed by atoms with Crippen molar-refractivity contribution in [1.29, 1.82) is 5.26 Å². The van der Waals surface area contributed by atoms with Crippen LogP contribution in [0.15, 0.2) is 42.5 Å². The van der Waals surface area contributed by atoms with E-state index in [2.05, 4.69) is 5.32 Å². The van der Waals surface area contributed by atoms with Crippen LogP contribution in [0.5, 0.6) is 0 Å². The van der Waals surface area contributed by atoms with Crippen LogP contribution in [0.4, 0.5) is 4.79 Å². The van der Waals surface area contributed by atoms with Gasteiger partial charge in [0.15, 0.2) is 0 Å². The van der Waals surface area contributed by atoms with E-state index >= 15 is 0 Å². The molecule has 1 rings (SSSR count). The monoisotopic (exact) mass is 484 g/mol. The predicted molar refractivity (Wildman–Crippen MR) is 137 cm³/mol. The molecule has 0 aliphatic carbocycles. The second kappa shape index (κ2) is 11.9. The van der Waals surface area contributed by atoms with Crippen LogP contribution in [0, 0.1) is 22.7 Å². The molecule has 35 heavy (non-hydrogen) atoms. The van der Waals surface area contributed by atoms with E-state index in [9.17, 15) is 19.5 Å². The third kappa shape index (κ3) is 7.32. The van der Waals surface area contributed by atoms with Crippen molar-refractivity contribution >= 4 is 17.9 Å². The molecule has 192 valence electrons. The standard InChI is InChI=1S/C27H40N4O4/c1-18(2)20(16-13-17-28)30(8)24(33)21(26(3,4)5)29-23(32)22(31(9)25(34)35)27(6,7)19-14-11-10-12-15-19/h10-16,18,20-22H,1-9H3,(H,29,32)(H,34,35)/t20-,21-,22-/m1/s1. The van der Waals surface area contributed by atoms with Crippen LogP contribution >= 0.6 is 0 Å². The maximum Gasteiger partial charge on any atom is 0.407 e. The lowest BCUT2D eigenvalue weighted by atomic mass is 9.76. The molecule has 0 spiro atoms. The molecule has 1 aromatic carbocycles. The van der Waals surface area contributed by atoms with Crippen LogP contribution in [0.25, 0.3) is 0 Å². The van der Waals surface area contributed by atoms with E-state index in [0.717, 1.165) is 10.5 Å². The van der Waals surface area contributed by atoms with E-state index in [4.69, 9.17) is 5.26 Å². The minimum Gasteiger partial charge on any atom is -0.465 e. The highest BCUT2D eigenvalue weighted by Gasteiger charge is 2.45. The Labute approximate surface area is 209 Å². The van der Waals surface area contributed by atoms with Gasteiger partial charge in [-0.05, 0) is 16.9 Å². The number of nitrogens with zero attached hydrogens (tertiary/aromatic N) is 3. The Balaban J connectivity index is 3.44. The van der Waals surface area contributed by atoms with Crippen molar-refractivity contribution in [2.75, 3.05) is 14.1 Å². The van der Waals surface area contributed by atoms with Crippen LogP contribution < -0.4 is 5.32 Å². The van der Waals surface area contributed by atoms with Crippen LogP contribution in [0.3, 0.4) is 0 Å². The number of allylic oxidation sites excluding steroid dienone is 1. The number of carboxylic acid groups (broad SMARTS) is 1. The zero-order valence-corrected chi connectivity index (χ0v) is 22.4. The quantitative estimate of drug-likeness (QED) is 0.514. The highest BCUT2D eigenvalue weighted by atomic mass is 16.4. The van der Waals surface area contributed by atoms with Crippen molar-refractivity contribution in [2.24, 2.45) is 11.3 Å². The van der Waals surface area contributed by atoms with Crippen LogP contribution in [0.2, 0.25) is 0 Å². The lowest BCUT2D eigenvalue weighted by Crippen LogP contribution is -2.62. The SMILES string of the molecule is CC(C)[C@@H](C=CC#N)N(C)C(=O)[C@@H](NC(=O)[C@@H](N(C)C(=O)O)C(C)(C)c1ccccc1)C(C)(C)C. The fourth-order valence-electron chi connectivity index (χ4n) is 4.28. The Morgan fingerprint density at radius 3 is 2.00 bits per heavy atom. The third-order valence-corrected chi connectivity index (χ3v) is 6.38. The van der Waals surface area contributed by atoms with E-state index in [0.29, 0.717) is 0 Å². The minimum absolute atomic E-state index is 0.0350. The molecule has 8 heteroatoms. The average Bonchev–Trinajstić information content (AvgIpc) is 2.76. The molecule has 0 aromatic heterocycles. The Morgan fingerprint density at radius 1 is 1.03 bits per heavy atom. The molecule has 0 bridgehead atoms. The van der Waals surface area contributed by atoms with Gasteiger partial charge in [0.2, 0.25) is 11.8 Å². The Bertz CT molecular complexity index is 958. The molecule has 0 radical (unpaired) electrons. The first-order valence-corrected chi connectivity index (χ1v) is 11.7. The van der Waals surface area contributed by atoms with Crippen molar-refractivity contribution in [3.05, 3.63) is 48.0 Å². The first-order chi connectivity index (χ1) is 16.1. The van der Waals surface area contributed by atoms with Gasteiger partial charge in [0.1, 0.15) is 12.1 Å². The van der Waals surface area contributed by atoms with Gasteiger partial charge in [-0.2, -0.15) is 5.26 Å². The molecule has 3 amide bonds. The van der Waals surface area contributed by atoms with Gasteiger partial charge >= 0.3 is 6.09 Å². The zero-order valence-electron chi connectivity index (χ0n) is 22.4. The largest absolute Gasteiger partial charge is 0.465 e. The first kappa shape index (κ1) is 29.7. The molecule has 2 N–H and O–H groups in total. The Kier molecular flexibility index (Phi) is 10.1. The summed E-state index contributed by atoms with van der Waals surface area (Å²) in [6.07, 6.45) is 1.77. The molecule has 1 aromatic rings. The van der Waals surface area contributed by atoms with Gasteiger partial charge in [-0.3, -0.25) is 14.5 Å². The summed E-state index contributed by atoms with van der Waals surface area (Å²) in [6.45, 7) is 13.1. The smallest absolute Gasteiger partial charge is 0.407 e. The molecule has 8 nitrogen and oxygen atoms in total. The molecule has 0 aliphatic rings. The summed E-state index contributed by atoms with van der Waals surface area (Å²) < 4.78 is 0. The van der Waals surface area contributed by atoms with E-state index < -0.39 is 34.9 Å². The maximum atomic E-state index is 13.7. The molecule has 0 unspecified atom stereocenters. The summed E-state index contributed by atoms with van der Waals surface area (Å²) in [6, 6.07) is 8.83. The van der Waals surface area contributed by atoms with Gasteiger partial charge in [0, 0.05) is 25.6 Å². The van der Waals surface area contributed by atoms with Gasteiger partial charge in [-0.1, -0.05) is 84.9 Å². The zero-order chi connectivity index (χ0) is 27.1. The number of rotatable bonds is 9. The topological polar surface area (TPSA) is 114 Å². The van der Waals surface area contributed by atoms with Crippen molar-refractivity contribution in [2.45, 2.75) is 72.0 Å². The van der Waals surface area contributed by atoms with Gasteiger partial charge in [0.05, 0.1) is 12.1 Å². The third-order valence-electron chi connectivity index (χ3n) is 6.38. The maximum absolute atomic E-state index is 13.7. The second-order valence-electron chi connectivity index (χ2n) is 10.9. The van der Waals surface area contributed by atoms with Crippen molar-refractivity contribution in [3.8, 4) is 6.07 Å². The highest BCUT2D eigenvalue weighted by Crippen LogP contribution is 2.31. The number of hydrogen-bond donors (Lipinski definition) is 2. The van der Waals surface area contributed by atoms with Crippen molar-refractivity contribution < 1.29 is 19.5 Å². The number of nitriles is 1. The summed E-state index contributed by atoms with van der Waals surface area (Å²) in [4.78, 5) is 41.8. The van der Waals surface area contributed by atoms with Gasteiger partial charge in [0.25, 0.3) is 0 Å². The summed E-state index contributed by atoms with van der Waals surface area (Å²) in [5.74, 6) is -0.840. The number of nitrogens with one attached hydrogen (secondary N) is 1. The van der Waals surface area contributed by atoms with E-state index in [-0.39, 0.29) is 17.9 Å². The summed E-state index contributed by atoms with van der Waals surface area (Å²) in [7, 11) is 3.01. The number of hydrogen-bond acceptors (Lipinski definition) is 4. The van der Waals surface area contributed by atoms with E-state index in [1.807, 2.05) is 84.9 Å². The predicted octanol–water partition coefficient (Wildman–Crippen LogP) is 4.04. The number of likely N-dealkylation sites (N-methyl/N-ethyl adjacent to an activating group) is 2. The summed E-state index contributed by atoms with van der Waals surface area (Å²) >= 11 is 0. The van der Waals surface area contributed by atoms with Crippen LogP contribution in [-0.2, 0) is 15.0 Å². The molecule has 0 saturated heterocycles. The number of carbonyl (C=O) groups excluding carboxylic acids is 2. The molecule has 0 aliphatic heterocycles. The average molecular weight is 485 g/mol. The summed E-state index contributed by atoms with van der Waals surface area (Å²) in [5, 5.41) is 21.6. The number of amides is 3. The fourth-order valence-corrected chi connectivity index (χ4v) is 4.28. The van der Waals surface area contributed by atoms with E-state index in [1.54, 1.807) is 13.1 Å². The molecule has 3 atom stereocenters. The molecule has 0 heterocycles. The highest BCUT2D eigenvalue weighted by molar-refractivity contribution is 5.92. The van der Waals surface area contributed by atoms with Gasteiger partial charge in [-0.15, -0.1) is 0 Å². The normalized spacial score (nSPS) is 14.7. The number of benzene rings is 1. The van der Waals surface area contributed by atoms with Crippen molar-refractivity contribution in [1.82, 2.24) is 15.1 Å². The fraction of sp³-hybridized carbons (Fsp3) is 0.556. The van der Waals surface area contributed by atoms with Gasteiger partial charge in [-0.25, -0.2) is 4.79 Å². The Hall–Kier alpha value is -3.34. The molecule has 0 fully saturated rings. The lowest BCUT2D eigenvalue weighted by Gasteiger charge is -2.41. The number of carbonyl (C=O) groups is 3. The first-order valence-electron chi connectivity index (χ1n) is 11.7. The summed E-state index contributed by atoms with van der Waals surface area (Å²) in [5.41, 5.74) is -0.748. The van der Waals surface area contributed by atoms with Crippen molar-refractivity contribution in [3.63, 3.8) is 0 Å². The second-order valence-corrected chi connectivity index (χ2v) is 10.9. The Morgan fingerprint density at radius 2 is 1.57 bits per heavy atom. The van der Waals surface area contributed by atoms with Gasteiger partial charge < -0.3 is 15.3 Å². The minimum atomic E-state index is -1.24. The lowest BCUT2D eigenvalue weighted by molar-refractivity contribution is -0.141. The molecular weight excluding hydrogens is 444 g/mol. The molecular formula is C27H40N4O4.